The molecule has 1 saturated carbocycles. The standard InChI is InChI=1S/C19H22ClN5O3S/c1-21-19-23-16(20)13(18-22-10-5-3-4-6-12(10)29-18)17(24-19)25(2)11-7-9(8-26)14(27)15(11)28/h3-6,9,11,14-15,26-28H,7-8H2,1-2H3,(H,21,23,24)/t9-,11-,14-,15+/m1/s1. The highest BCUT2D eigenvalue weighted by Gasteiger charge is 2.44. The average molecular weight is 436 g/mol. The van der Waals surface area contributed by atoms with Crippen molar-refractivity contribution < 1.29 is 15.3 Å². The van der Waals surface area contributed by atoms with Gasteiger partial charge in [-0.2, -0.15) is 4.98 Å². The third kappa shape index (κ3) is 3.53. The van der Waals surface area contributed by atoms with Gasteiger partial charge in [-0.05, 0) is 18.6 Å². The summed E-state index contributed by atoms with van der Waals surface area (Å²) in [5.74, 6) is 0.445. The maximum absolute atomic E-state index is 10.6. The van der Waals surface area contributed by atoms with Crippen molar-refractivity contribution in [3.63, 3.8) is 0 Å². The number of aromatic nitrogens is 3. The molecular weight excluding hydrogens is 414 g/mol. The molecule has 4 atom stereocenters. The first-order valence-corrected chi connectivity index (χ1v) is 10.4. The number of aliphatic hydroxyl groups is 3. The van der Waals surface area contributed by atoms with Crippen molar-refractivity contribution >= 4 is 44.9 Å². The van der Waals surface area contributed by atoms with Crippen LogP contribution in [0.15, 0.2) is 24.3 Å². The molecule has 29 heavy (non-hydrogen) atoms. The number of rotatable bonds is 5. The summed E-state index contributed by atoms with van der Waals surface area (Å²) in [6.07, 6.45) is -1.60. The van der Waals surface area contributed by atoms with Crippen molar-refractivity contribution in [2.75, 3.05) is 30.9 Å². The highest BCUT2D eigenvalue weighted by atomic mass is 35.5. The largest absolute Gasteiger partial charge is 0.396 e. The van der Waals surface area contributed by atoms with Gasteiger partial charge >= 0.3 is 0 Å². The highest BCUT2D eigenvalue weighted by Crippen LogP contribution is 2.41. The predicted molar refractivity (Wildman–Crippen MR) is 115 cm³/mol. The molecule has 0 saturated heterocycles. The van der Waals surface area contributed by atoms with Crippen LogP contribution in [0.2, 0.25) is 5.15 Å². The van der Waals surface area contributed by atoms with E-state index in [1.54, 1.807) is 19.0 Å². The Bertz CT molecular complexity index is 999. The van der Waals surface area contributed by atoms with Gasteiger partial charge in [0.05, 0.1) is 27.9 Å². The molecule has 4 N–H and O–H groups in total. The van der Waals surface area contributed by atoms with Crippen LogP contribution in [-0.2, 0) is 0 Å². The van der Waals surface area contributed by atoms with Gasteiger partial charge in [0, 0.05) is 26.6 Å². The summed E-state index contributed by atoms with van der Waals surface area (Å²) in [5.41, 5.74) is 1.43. The molecule has 0 amide bonds. The smallest absolute Gasteiger partial charge is 0.225 e. The molecule has 10 heteroatoms. The fraction of sp³-hybridized carbons (Fsp3) is 0.421. The maximum Gasteiger partial charge on any atom is 0.225 e. The van der Waals surface area contributed by atoms with Crippen LogP contribution in [0.5, 0.6) is 0 Å². The van der Waals surface area contributed by atoms with Crippen molar-refractivity contribution in [1.82, 2.24) is 15.0 Å². The fourth-order valence-corrected chi connectivity index (χ4v) is 5.09. The number of nitrogens with one attached hydrogen (secondary N) is 1. The molecule has 0 spiro atoms. The van der Waals surface area contributed by atoms with Crippen LogP contribution in [0.4, 0.5) is 11.8 Å². The third-order valence-corrected chi connectivity index (χ3v) is 6.74. The van der Waals surface area contributed by atoms with Crippen molar-refractivity contribution in [3.8, 4) is 10.6 Å². The summed E-state index contributed by atoms with van der Waals surface area (Å²) in [6.45, 7) is -0.195. The number of para-hydroxylation sites is 1. The lowest BCUT2D eigenvalue weighted by molar-refractivity contribution is 0.00261. The van der Waals surface area contributed by atoms with E-state index in [0.29, 0.717) is 28.8 Å². The molecule has 2 aromatic heterocycles. The lowest BCUT2D eigenvalue weighted by atomic mass is 10.1. The molecule has 3 aromatic rings. The van der Waals surface area contributed by atoms with Gasteiger partial charge in [-0.25, -0.2) is 9.97 Å². The van der Waals surface area contributed by atoms with E-state index in [9.17, 15) is 15.3 Å². The van der Waals surface area contributed by atoms with Gasteiger partial charge in [-0.1, -0.05) is 23.7 Å². The Morgan fingerprint density at radius 1 is 1.21 bits per heavy atom. The number of anilines is 2. The van der Waals surface area contributed by atoms with Crippen LogP contribution in [0, 0.1) is 5.92 Å². The van der Waals surface area contributed by atoms with E-state index in [0.717, 1.165) is 10.2 Å². The monoisotopic (exact) mass is 435 g/mol. The highest BCUT2D eigenvalue weighted by molar-refractivity contribution is 7.21. The molecule has 8 nitrogen and oxygen atoms in total. The van der Waals surface area contributed by atoms with Gasteiger partial charge in [0.1, 0.15) is 22.1 Å². The van der Waals surface area contributed by atoms with Crippen LogP contribution in [0.1, 0.15) is 6.42 Å². The van der Waals surface area contributed by atoms with Crippen LogP contribution in [-0.4, -0.2) is 69.2 Å². The number of hydrogen-bond acceptors (Lipinski definition) is 9. The zero-order valence-electron chi connectivity index (χ0n) is 15.9. The van der Waals surface area contributed by atoms with Crippen LogP contribution < -0.4 is 10.2 Å². The van der Waals surface area contributed by atoms with Gasteiger partial charge in [0.15, 0.2) is 0 Å². The van der Waals surface area contributed by atoms with E-state index >= 15 is 0 Å². The molecule has 2 heterocycles. The number of hydrogen-bond donors (Lipinski definition) is 4. The van der Waals surface area contributed by atoms with Crippen LogP contribution in [0.25, 0.3) is 20.8 Å². The minimum absolute atomic E-state index is 0.195. The molecule has 1 aliphatic carbocycles. The summed E-state index contributed by atoms with van der Waals surface area (Å²) in [7, 11) is 3.48. The Kier molecular flexibility index (Phi) is 5.58. The van der Waals surface area contributed by atoms with Crippen molar-refractivity contribution in [3.05, 3.63) is 29.4 Å². The lowest BCUT2D eigenvalue weighted by Gasteiger charge is -2.30. The van der Waals surface area contributed by atoms with Gasteiger partial charge in [0.2, 0.25) is 5.95 Å². The zero-order chi connectivity index (χ0) is 20.7. The molecule has 1 fully saturated rings. The Hall–Kier alpha value is -2.04. The zero-order valence-corrected chi connectivity index (χ0v) is 17.5. The molecule has 4 rings (SSSR count). The van der Waals surface area contributed by atoms with Crippen LogP contribution >= 0.6 is 22.9 Å². The summed E-state index contributed by atoms with van der Waals surface area (Å²) in [4.78, 5) is 15.4. The Labute approximate surface area is 176 Å². The quantitative estimate of drug-likeness (QED) is 0.450. The maximum atomic E-state index is 10.6. The van der Waals surface area contributed by atoms with Gasteiger partial charge in [-0.3, -0.25) is 0 Å². The summed E-state index contributed by atoms with van der Waals surface area (Å²) < 4.78 is 1.02. The summed E-state index contributed by atoms with van der Waals surface area (Å²) >= 11 is 8.03. The molecule has 0 bridgehead atoms. The minimum Gasteiger partial charge on any atom is -0.396 e. The lowest BCUT2D eigenvalue weighted by Crippen LogP contribution is -2.42. The van der Waals surface area contributed by atoms with Gasteiger partial charge in [0.25, 0.3) is 0 Å². The summed E-state index contributed by atoms with van der Waals surface area (Å²) in [6, 6.07) is 7.35. The molecule has 1 aromatic carbocycles. The minimum atomic E-state index is -1.02. The second-order valence-electron chi connectivity index (χ2n) is 7.11. The number of benzene rings is 1. The molecular formula is C19H22ClN5O3S. The molecule has 0 radical (unpaired) electrons. The Balaban J connectivity index is 1.82. The number of halogens is 1. The molecule has 0 unspecified atom stereocenters. The number of aliphatic hydroxyl groups excluding tert-OH is 3. The SMILES string of the molecule is CNc1nc(Cl)c(-c2nc3ccccc3s2)c(N(C)[C@@H]2C[C@H](CO)[C@@H](O)[C@H]2O)n1. The second-order valence-corrected chi connectivity index (χ2v) is 8.50. The molecule has 1 aliphatic rings. The first-order chi connectivity index (χ1) is 13.9. The predicted octanol–water partition coefficient (Wildman–Crippen LogP) is 1.99. The second kappa shape index (κ2) is 8.00. The number of likely N-dealkylation sites (N-methyl/N-ethyl adjacent to an activating group) is 1. The van der Waals surface area contributed by atoms with Crippen molar-refractivity contribution in [2.24, 2.45) is 5.92 Å². The number of fused-ring (bicyclic) bond motifs is 1. The van der Waals surface area contributed by atoms with Crippen molar-refractivity contribution in [1.29, 1.82) is 0 Å². The van der Waals surface area contributed by atoms with Gasteiger partial charge < -0.3 is 25.5 Å². The summed E-state index contributed by atoms with van der Waals surface area (Å²) in [5, 5.41) is 34.1. The fourth-order valence-electron chi connectivity index (χ4n) is 3.77. The van der Waals surface area contributed by atoms with E-state index in [1.807, 2.05) is 24.3 Å². The Morgan fingerprint density at radius 2 is 1.97 bits per heavy atom. The van der Waals surface area contributed by atoms with E-state index in [-0.39, 0.29) is 11.8 Å². The van der Waals surface area contributed by atoms with Crippen LogP contribution in [0.3, 0.4) is 0 Å². The van der Waals surface area contributed by atoms with E-state index < -0.39 is 24.2 Å². The average Bonchev–Trinajstić information content (AvgIpc) is 3.27. The number of thiazole rings is 1. The molecule has 0 aliphatic heterocycles. The van der Waals surface area contributed by atoms with E-state index in [2.05, 4.69) is 20.3 Å². The normalized spacial score (nSPS) is 24.2. The van der Waals surface area contributed by atoms with Crippen molar-refractivity contribution in [2.45, 2.75) is 24.7 Å². The third-order valence-electron chi connectivity index (χ3n) is 5.41. The van der Waals surface area contributed by atoms with E-state index in [1.165, 1.54) is 11.3 Å². The van der Waals surface area contributed by atoms with E-state index in [4.69, 9.17) is 11.6 Å². The van der Waals surface area contributed by atoms with Gasteiger partial charge in [-0.15, -0.1) is 11.3 Å². The first kappa shape index (κ1) is 20.2. The first-order valence-electron chi connectivity index (χ1n) is 9.25. The topological polar surface area (TPSA) is 115 Å². The number of nitrogens with zero attached hydrogens (tertiary/aromatic N) is 4. The Morgan fingerprint density at radius 3 is 2.62 bits per heavy atom. The molecule has 154 valence electrons.